The third kappa shape index (κ3) is 4.60. The van der Waals surface area contributed by atoms with Gasteiger partial charge in [-0.05, 0) is 53.6 Å². The molecule has 0 atom stereocenters. The van der Waals surface area contributed by atoms with Crippen LogP contribution in [0.2, 0.25) is 0 Å². The van der Waals surface area contributed by atoms with Crippen molar-refractivity contribution in [2.24, 2.45) is 0 Å². The Hall–Kier alpha value is -6.85. The predicted molar refractivity (Wildman–Crippen MR) is 204 cm³/mol. The van der Waals surface area contributed by atoms with Crippen molar-refractivity contribution in [2.75, 3.05) is 0 Å². The average molecular weight is 640 g/mol. The van der Waals surface area contributed by atoms with E-state index < -0.39 is 0 Å². The van der Waals surface area contributed by atoms with E-state index in [0.29, 0.717) is 0 Å². The van der Waals surface area contributed by atoms with Crippen molar-refractivity contribution >= 4 is 38.4 Å². The molecule has 0 aliphatic heterocycles. The largest absolute Gasteiger partial charge is 0.306 e. The van der Waals surface area contributed by atoms with Crippen LogP contribution >= 0.6 is 0 Å². The van der Waals surface area contributed by atoms with Gasteiger partial charge in [-0.2, -0.15) is 0 Å². The van der Waals surface area contributed by atoms with Crippen LogP contribution in [0.5, 0.6) is 0 Å². The van der Waals surface area contributed by atoms with E-state index in [-0.39, 0.29) is 0 Å². The highest BCUT2D eigenvalue weighted by molar-refractivity contribution is 6.16. The Morgan fingerprint density at radius 2 is 1.12 bits per heavy atom. The summed E-state index contributed by atoms with van der Waals surface area (Å²) in [6.07, 6.45) is 4.21. The fourth-order valence-electron chi connectivity index (χ4n) is 7.16. The molecule has 10 aromatic rings. The van der Waals surface area contributed by atoms with Crippen molar-refractivity contribution in [3.05, 3.63) is 176 Å². The number of nitrogens with zero attached hydrogens (tertiary/aromatic N) is 5. The van der Waals surface area contributed by atoms with Crippen LogP contribution in [-0.2, 0) is 0 Å². The molecule has 0 unspecified atom stereocenters. The average Bonchev–Trinajstić information content (AvgIpc) is 3.81. The van der Waals surface area contributed by atoms with Gasteiger partial charge in [0.25, 0.3) is 0 Å². The summed E-state index contributed by atoms with van der Waals surface area (Å²) < 4.78 is 4.38. The molecule has 4 aromatic heterocycles. The van der Waals surface area contributed by atoms with Crippen molar-refractivity contribution in [1.82, 2.24) is 23.9 Å². The molecule has 0 amide bonds. The molecular formula is C45H29N5. The topological polar surface area (TPSA) is 48.0 Å². The molecule has 0 aliphatic carbocycles. The molecule has 0 radical (unpaired) electrons. The Bertz CT molecular complexity index is 2850. The Balaban J connectivity index is 1.09. The summed E-state index contributed by atoms with van der Waals surface area (Å²) in [7, 11) is 0. The summed E-state index contributed by atoms with van der Waals surface area (Å²) in [6, 6.07) is 57.0. The van der Waals surface area contributed by atoms with Crippen LogP contribution in [0, 0.1) is 0 Å². The first-order valence-corrected chi connectivity index (χ1v) is 16.8. The van der Waals surface area contributed by atoms with Crippen LogP contribution in [0.15, 0.2) is 176 Å². The van der Waals surface area contributed by atoms with Crippen molar-refractivity contribution in [1.29, 1.82) is 0 Å². The van der Waals surface area contributed by atoms with Crippen molar-refractivity contribution in [3.8, 4) is 50.7 Å². The van der Waals surface area contributed by atoms with Crippen LogP contribution in [0.3, 0.4) is 0 Å². The fraction of sp³-hybridized carbons (Fsp3) is 0. The van der Waals surface area contributed by atoms with Gasteiger partial charge in [-0.1, -0.05) is 121 Å². The summed E-state index contributed by atoms with van der Waals surface area (Å²) >= 11 is 0. The molecule has 6 aromatic carbocycles. The van der Waals surface area contributed by atoms with Gasteiger partial charge in [0.15, 0.2) is 0 Å². The van der Waals surface area contributed by atoms with E-state index in [9.17, 15) is 0 Å². The van der Waals surface area contributed by atoms with E-state index in [4.69, 9.17) is 15.0 Å². The van der Waals surface area contributed by atoms with Crippen molar-refractivity contribution in [2.45, 2.75) is 0 Å². The van der Waals surface area contributed by atoms with Crippen LogP contribution < -0.4 is 0 Å². The number of para-hydroxylation sites is 3. The monoisotopic (exact) mass is 639 g/mol. The second-order valence-corrected chi connectivity index (χ2v) is 12.6. The van der Waals surface area contributed by atoms with E-state index in [1.807, 2.05) is 18.2 Å². The molecule has 0 fully saturated rings. The van der Waals surface area contributed by atoms with Crippen LogP contribution in [-0.4, -0.2) is 23.9 Å². The first-order valence-electron chi connectivity index (χ1n) is 16.8. The molecule has 50 heavy (non-hydrogen) atoms. The van der Waals surface area contributed by atoms with Crippen LogP contribution in [0.4, 0.5) is 0 Å². The SMILES string of the molecule is c1ccc(-c2cn3ccc4c(-c5cccc(-c6ccc(-n7c(-c8ccccc8)nc8ccccc87)cc6)c5)nc5ccccc5c4c3n2)cc1. The number of aromatic nitrogens is 5. The minimum atomic E-state index is 0.926. The summed E-state index contributed by atoms with van der Waals surface area (Å²) in [5.74, 6) is 0.929. The van der Waals surface area contributed by atoms with Gasteiger partial charge >= 0.3 is 0 Å². The molecule has 0 bridgehead atoms. The lowest BCUT2D eigenvalue weighted by molar-refractivity contribution is 1.10. The van der Waals surface area contributed by atoms with Gasteiger partial charge in [-0.15, -0.1) is 0 Å². The number of rotatable bonds is 5. The normalized spacial score (nSPS) is 11.6. The van der Waals surface area contributed by atoms with Gasteiger partial charge in [-0.25, -0.2) is 15.0 Å². The minimum absolute atomic E-state index is 0.926. The number of imidazole rings is 2. The molecule has 0 saturated carbocycles. The molecule has 0 saturated heterocycles. The summed E-state index contributed by atoms with van der Waals surface area (Å²) in [6.45, 7) is 0. The summed E-state index contributed by atoms with van der Waals surface area (Å²) in [5.41, 5.74) is 12.4. The fourth-order valence-corrected chi connectivity index (χ4v) is 7.16. The maximum absolute atomic E-state index is 5.25. The molecule has 0 spiro atoms. The zero-order valence-electron chi connectivity index (χ0n) is 27.0. The molecule has 4 heterocycles. The molecule has 5 heteroatoms. The van der Waals surface area contributed by atoms with Gasteiger partial charge in [0, 0.05) is 50.9 Å². The lowest BCUT2D eigenvalue weighted by Crippen LogP contribution is -1.97. The number of hydrogen-bond donors (Lipinski definition) is 0. The smallest absolute Gasteiger partial charge is 0.146 e. The third-order valence-electron chi connectivity index (χ3n) is 9.54. The Morgan fingerprint density at radius 1 is 0.440 bits per heavy atom. The Kier molecular flexibility index (Phi) is 6.42. The van der Waals surface area contributed by atoms with E-state index in [0.717, 1.165) is 89.1 Å². The van der Waals surface area contributed by atoms with Gasteiger partial charge in [0.2, 0.25) is 0 Å². The molecule has 5 nitrogen and oxygen atoms in total. The lowest BCUT2D eigenvalue weighted by Gasteiger charge is -2.13. The van der Waals surface area contributed by atoms with Crippen molar-refractivity contribution < 1.29 is 0 Å². The van der Waals surface area contributed by atoms with E-state index >= 15 is 0 Å². The quantitative estimate of drug-likeness (QED) is 0.176. The third-order valence-corrected chi connectivity index (χ3v) is 9.54. The highest BCUT2D eigenvalue weighted by Gasteiger charge is 2.17. The highest BCUT2D eigenvalue weighted by Crippen LogP contribution is 2.37. The summed E-state index contributed by atoms with van der Waals surface area (Å²) in [5, 5.41) is 3.27. The first kappa shape index (κ1) is 28.2. The maximum Gasteiger partial charge on any atom is 0.146 e. The van der Waals surface area contributed by atoms with E-state index in [1.54, 1.807) is 0 Å². The molecular weight excluding hydrogens is 611 g/mol. The van der Waals surface area contributed by atoms with E-state index in [1.165, 1.54) is 0 Å². The summed E-state index contributed by atoms with van der Waals surface area (Å²) in [4.78, 5) is 15.4. The number of pyridine rings is 2. The Labute approximate surface area is 288 Å². The van der Waals surface area contributed by atoms with Gasteiger partial charge < -0.3 is 4.40 Å². The lowest BCUT2D eigenvalue weighted by atomic mass is 9.97. The van der Waals surface area contributed by atoms with Gasteiger partial charge in [0.05, 0.1) is 27.9 Å². The van der Waals surface area contributed by atoms with Gasteiger partial charge in [0.1, 0.15) is 11.5 Å². The molecule has 10 rings (SSSR count). The number of fused-ring (bicyclic) bond motifs is 6. The predicted octanol–water partition coefficient (Wildman–Crippen LogP) is 11.0. The zero-order valence-corrected chi connectivity index (χ0v) is 27.0. The standard InChI is InChI=1S/C45H29N5/c1-3-12-31(13-4-1)40-29-49-27-26-37-42(45(49)48-40)36-18-7-8-19-38(36)46-43(37)34-17-11-16-33(28-34)30-22-24-35(25-23-30)50-41-21-10-9-20-39(41)47-44(50)32-14-5-2-6-15-32/h1-29H. The minimum Gasteiger partial charge on any atom is -0.306 e. The zero-order chi connectivity index (χ0) is 33.0. The van der Waals surface area contributed by atoms with Crippen LogP contribution in [0.1, 0.15) is 0 Å². The Morgan fingerprint density at radius 3 is 1.94 bits per heavy atom. The second-order valence-electron chi connectivity index (χ2n) is 12.6. The molecule has 0 N–H and O–H groups in total. The first-order chi connectivity index (χ1) is 24.8. The highest BCUT2D eigenvalue weighted by atomic mass is 15.1. The van der Waals surface area contributed by atoms with Crippen LogP contribution in [0.25, 0.3) is 89.1 Å². The van der Waals surface area contributed by atoms with Crippen molar-refractivity contribution in [3.63, 3.8) is 0 Å². The molecule has 234 valence electrons. The number of benzene rings is 6. The van der Waals surface area contributed by atoms with Gasteiger partial charge in [-0.3, -0.25) is 4.57 Å². The maximum atomic E-state index is 5.25. The second kappa shape index (κ2) is 11.4. The van der Waals surface area contributed by atoms with E-state index in [2.05, 4.69) is 167 Å². The molecule has 0 aliphatic rings. The number of hydrogen-bond acceptors (Lipinski definition) is 3.